The van der Waals surface area contributed by atoms with Crippen LogP contribution in [-0.2, 0) is 0 Å². The van der Waals surface area contributed by atoms with Gasteiger partial charge in [0.05, 0.1) is 22.5 Å². The molecule has 3 N–H and O–H groups in total. The summed E-state index contributed by atoms with van der Waals surface area (Å²) in [5.41, 5.74) is -0.261. The lowest BCUT2D eigenvalue weighted by atomic mass is 10.1. The number of benzene rings is 1. The molecule has 2 rings (SSSR count). The first kappa shape index (κ1) is 13.3. The Balaban J connectivity index is 2.39. The highest BCUT2D eigenvalue weighted by molar-refractivity contribution is 6.38. The maximum absolute atomic E-state index is 11.8. The van der Waals surface area contributed by atoms with E-state index in [0.717, 1.165) is 0 Å². The van der Waals surface area contributed by atoms with E-state index in [1.807, 2.05) is 0 Å². The first-order valence-electron chi connectivity index (χ1n) is 4.88. The molecule has 1 heterocycles. The van der Waals surface area contributed by atoms with Crippen LogP contribution in [0.1, 0.15) is 20.8 Å². The first-order valence-corrected chi connectivity index (χ1v) is 5.64. The molecule has 0 aliphatic rings. The smallest absolute Gasteiger partial charge is 0.337 e. The standard InChI is InChI=1S/C10H6Cl2N4O3/c11-4-1-5(10(18)19)8(6(12)2-4)14-9(17)7-3-13-16-15-7/h1-3H,(H,14,17)(H,18,19)(H,13,15,16). The molecule has 0 saturated carbocycles. The molecule has 1 aromatic heterocycles. The van der Waals surface area contributed by atoms with Gasteiger partial charge in [-0.3, -0.25) is 4.79 Å². The minimum atomic E-state index is -1.26. The van der Waals surface area contributed by atoms with Crippen molar-refractivity contribution in [1.29, 1.82) is 0 Å². The largest absolute Gasteiger partial charge is 0.478 e. The number of carbonyl (C=O) groups is 2. The van der Waals surface area contributed by atoms with Crippen LogP contribution in [0.15, 0.2) is 18.3 Å². The summed E-state index contributed by atoms with van der Waals surface area (Å²) in [6.45, 7) is 0. The number of hydrogen-bond acceptors (Lipinski definition) is 4. The molecule has 0 atom stereocenters. The predicted molar refractivity (Wildman–Crippen MR) is 67.8 cm³/mol. The number of carbonyl (C=O) groups excluding carboxylic acids is 1. The van der Waals surface area contributed by atoms with E-state index in [2.05, 4.69) is 20.7 Å². The topological polar surface area (TPSA) is 108 Å². The molecule has 7 nitrogen and oxygen atoms in total. The van der Waals surface area contributed by atoms with Crippen molar-refractivity contribution in [2.75, 3.05) is 5.32 Å². The number of anilines is 1. The summed E-state index contributed by atoms with van der Waals surface area (Å²) < 4.78 is 0. The van der Waals surface area contributed by atoms with Gasteiger partial charge in [0.25, 0.3) is 5.91 Å². The molecule has 0 aliphatic carbocycles. The molecule has 0 fully saturated rings. The molecule has 98 valence electrons. The van der Waals surface area contributed by atoms with Gasteiger partial charge in [-0.15, -0.1) is 0 Å². The minimum Gasteiger partial charge on any atom is -0.478 e. The van der Waals surface area contributed by atoms with Gasteiger partial charge in [-0.1, -0.05) is 23.2 Å². The van der Waals surface area contributed by atoms with Crippen LogP contribution in [0.4, 0.5) is 5.69 Å². The fourth-order valence-electron chi connectivity index (χ4n) is 1.36. The Kier molecular flexibility index (Phi) is 3.68. The number of nitrogens with zero attached hydrogens (tertiary/aromatic N) is 2. The summed E-state index contributed by atoms with van der Waals surface area (Å²) in [6.07, 6.45) is 1.19. The van der Waals surface area contributed by atoms with Crippen molar-refractivity contribution in [3.63, 3.8) is 0 Å². The molecule has 1 aromatic carbocycles. The number of carboxylic acid groups (broad SMARTS) is 1. The van der Waals surface area contributed by atoms with E-state index in [0.29, 0.717) is 0 Å². The van der Waals surface area contributed by atoms with Crippen molar-refractivity contribution in [3.05, 3.63) is 39.6 Å². The lowest BCUT2D eigenvalue weighted by Gasteiger charge is -2.09. The minimum absolute atomic E-state index is 0.00218. The Labute approximate surface area is 116 Å². The quantitative estimate of drug-likeness (QED) is 0.804. The van der Waals surface area contributed by atoms with Gasteiger partial charge in [-0.25, -0.2) is 4.79 Å². The van der Waals surface area contributed by atoms with Crippen LogP contribution in [-0.4, -0.2) is 32.4 Å². The number of rotatable bonds is 3. The van der Waals surface area contributed by atoms with Gasteiger partial charge in [0, 0.05) is 5.02 Å². The van der Waals surface area contributed by atoms with Gasteiger partial charge < -0.3 is 10.4 Å². The first-order chi connectivity index (χ1) is 8.99. The number of nitrogens with one attached hydrogen (secondary N) is 2. The van der Waals surface area contributed by atoms with Crippen LogP contribution in [0.25, 0.3) is 0 Å². The van der Waals surface area contributed by atoms with Crippen LogP contribution in [0.3, 0.4) is 0 Å². The maximum atomic E-state index is 11.8. The number of H-pyrrole nitrogens is 1. The Morgan fingerprint density at radius 2 is 2.05 bits per heavy atom. The molecule has 0 radical (unpaired) electrons. The van der Waals surface area contributed by atoms with Crippen molar-refractivity contribution in [2.24, 2.45) is 0 Å². The van der Waals surface area contributed by atoms with Gasteiger partial charge in [0.1, 0.15) is 0 Å². The SMILES string of the molecule is O=C(Nc1c(Cl)cc(Cl)cc1C(=O)O)c1cn[nH]n1. The number of carboxylic acids is 1. The molecule has 0 spiro atoms. The Bertz CT molecular complexity index is 642. The van der Waals surface area contributed by atoms with E-state index < -0.39 is 11.9 Å². The molecule has 1 amide bonds. The zero-order chi connectivity index (χ0) is 14.0. The van der Waals surface area contributed by atoms with Crippen LogP contribution in [0, 0.1) is 0 Å². The summed E-state index contributed by atoms with van der Waals surface area (Å²) in [7, 11) is 0. The van der Waals surface area contributed by atoms with E-state index in [4.69, 9.17) is 28.3 Å². The summed E-state index contributed by atoms with van der Waals surface area (Å²) >= 11 is 11.6. The van der Waals surface area contributed by atoms with Crippen molar-refractivity contribution in [3.8, 4) is 0 Å². The highest BCUT2D eigenvalue weighted by atomic mass is 35.5. The molecule has 0 unspecified atom stereocenters. The zero-order valence-electron chi connectivity index (χ0n) is 9.15. The van der Waals surface area contributed by atoms with Gasteiger partial charge in [-0.05, 0) is 12.1 Å². The van der Waals surface area contributed by atoms with E-state index in [-0.39, 0.29) is 27.0 Å². The van der Waals surface area contributed by atoms with Gasteiger partial charge in [0.15, 0.2) is 5.69 Å². The maximum Gasteiger partial charge on any atom is 0.337 e. The number of amides is 1. The second kappa shape index (κ2) is 5.25. The average molecular weight is 301 g/mol. The summed E-state index contributed by atoms with van der Waals surface area (Å²) in [6, 6.07) is 2.52. The van der Waals surface area contributed by atoms with E-state index in [9.17, 15) is 9.59 Å². The Morgan fingerprint density at radius 1 is 1.32 bits per heavy atom. The Hall–Kier alpha value is -2.12. The third-order valence-corrected chi connectivity index (χ3v) is 2.69. The van der Waals surface area contributed by atoms with Gasteiger partial charge in [-0.2, -0.15) is 15.4 Å². The molecular formula is C10H6Cl2N4O3. The monoisotopic (exact) mass is 300 g/mol. The molecule has 2 aromatic rings. The molecular weight excluding hydrogens is 295 g/mol. The second-order valence-corrected chi connectivity index (χ2v) is 4.27. The second-order valence-electron chi connectivity index (χ2n) is 3.42. The molecule has 0 aliphatic heterocycles. The van der Waals surface area contributed by atoms with Crippen LogP contribution in [0.5, 0.6) is 0 Å². The molecule has 9 heteroatoms. The van der Waals surface area contributed by atoms with Gasteiger partial charge >= 0.3 is 5.97 Å². The number of aromatic nitrogens is 3. The van der Waals surface area contributed by atoms with Crippen molar-refractivity contribution < 1.29 is 14.7 Å². The lowest BCUT2D eigenvalue weighted by molar-refractivity contribution is 0.0698. The predicted octanol–water partition coefficient (Wildman–Crippen LogP) is 2.06. The summed E-state index contributed by atoms with van der Waals surface area (Å²) in [5.74, 6) is -1.90. The zero-order valence-corrected chi connectivity index (χ0v) is 10.7. The fraction of sp³-hybridized carbons (Fsp3) is 0. The number of aromatic carboxylic acids is 1. The van der Waals surface area contributed by atoms with E-state index in [1.54, 1.807) is 0 Å². The van der Waals surface area contributed by atoms with E-state index in [1.165, 1.54) is 18.3 Å². The van der Waals surface area contributed by atoms with Crippen LogP contribution in [0.2, 0.25) is 10.0 Å². The van der Waals surface area contributed by atoms with Crippen molar-refractivity contribution in [2.45, 2.75) is 0 Å². The summed E-state index contributed by atoms with van der Waals surface area (Å²) in [4.78, 5) is 22.9. The number of aromatic amines is 1. The highest BCUT2D eigenvalue weighted by Gasteiger charge is 2.19. The molecule has 0 bridgehead atoms. The highest BCUT2D eigenvalue weighted by Crippen LogP contribution is 2.30. The molecule has 19 heavy (non-hydrogen) atoms. The number of halogens is 2. The summed E-state index contributed by atoms with van der Waals surface area (Å²) in [5, 5.41) is 20.9. The third kappa shape index (κ3) is 2.83. The van der Waals surface area contributed by atoms with Crippen molar-refractivity contribution >= 4 is 40.8 Å². The van der Waals surface area contributed by atoms with E-state index >= 15 is 0 Å². The molecule has 0 saturated heterocycles. The van der Waals surface area contributed by atoms with Crippen LogP contribution < -0.4 is 5.32 Å². The third-order valence-electron chi connectivity index (χ3n) is 2.17. The normalized spacial score (nSPS) is 10.2. The van der Waals surface area contributed by atoms with Crippen molar-refractivity contribution in [1.82, 2.24) is 15.4 Å². The number of hydrogen-bond donors (Lipinski definition) is 3. The average Bonchev–Trinajstić information content (AvgIpc) is 2.85. The fourth-order valence-corrected chi connectivity index (χ4v) is 1.90. The lowest BCUT2D eigenvalue weighted by Crippen LogP contribution is -2.15. The van der Waals surface area contributed by atoms with Crippen LogP contribution >= 0.6 is 23.2 Å². The Morgan fingerprint density at radius 3 is 2.63 bits per heavy atom. The van der Waals surface area contributed by atoms with Gasteiger partial charge in [0.2, 0.25) is 0 Å².